The van der Waals surface area contributed by atoms with Gasteiger partial charge in [0.25, 0.3) is 0 Å². The topological polar surface area (TPSA) is 60.5 Å². The maximum Gasteiger partial charge on any atom is 0.331 e. The first-order valence-electron chi connectivity index (χ1n) is 14.3. The molecule has 0 saturated heterocycles. The predicted molar refractivity (Wildman–Crippen MR) is 155 cm³/mol. The molecule has 6 heteroatoms. The lowest BCUT2D eigenvalue weighted by atomic mass is 9.60. The number of carbonyl (C=O) groups is 1. The number of hydrogen-bond acceptors (Lipinski definition) is 5. The molecule has 1 spiro atoms. The summed E-state index contributed by atoms with van der Waals surface area (Å²) >= 11 is 6.25. The van der Waals surface area contributed by atoms with Crippen molar-refractivity contribution in [3.63, 3.8) is 0 Å². The molecule has 0 radical (unpaired) electrons. The minimum atomic E-state index is -0.752. The van der Waals surface area contributed by atoms with Crippen LogP contribution in [0.3, 0.4) is 0 Å². The van der Waals surface area contributed by atoms with Crippen molar-refractivity contribution in [2.24, 2.45) is 5.92 Å². The Morgan fingerprint density at radius 1 is 1.08 bits per heavy atom. The molecule has 1 atom stereocenters. The van der Waals surface area contributed by atoms with Crippen molar-refractivity contribution in [3.05, 3.63) is 88.2 Å². The van der Waals surface area contributed by atoms with Gasteiger partial charge in [-0.15, -0.1) is 0 Å². The lowest BCUT2D eigenvalue weighted by Crippen LogP contribution is -2.53. The number of pyridine rings is 1. The van der Waals surface area contributed by atoms with Gasteiger partial charge in [-0.2, -0.15) is 0 Å². The van der Waals surface area contributed by atoms with Crippen molar-refractivity contribution in [2.45, 2.75) is 75.2 Å². The highest BCUT2D eigenvalue weighted by molar-refractivity contribution is 6.30. The molecule has 3 aliphatic carbocycles. The van der Waals surface area contributed by atoms with Gasteiger partial charge in [0.05, 0.1) is 13.7 Å². The third-order valence-corrected chi connectivity index (χ3v) is 9.71. The number of rotatable bonds is 8. The summed E-state index contributed by atoms with van der Waals surface area (Å²) in [5, 5.41) is 4.19. The summed E-state index contributed by atoms with van der Waals surface area (Å²) in [6.45, 7) is 0.724. The average Bonchev–Trinajstić information content (AvgIpc) is 3.56. The molecule has 1 heterocycles. The highest BCUT2D eigenvalue weighted by Gasteiger charge is 2.54. The first-order valence-corrected chi connectivity index (χ1v) is 14.7. The number of carbonyl (C=O) groups excluding carboxylic acids is 1. The fraction of sp³-hybridized carbons (Fsp3) is 0.455. The third kappa shape index (κ3) is 4.91. The number of hydrogen-bond donors (Lipinski definition) is 1. The number of nitrogens with zero attached hydrogens (tertiary/aromatic N) is 1. The second kappa shape index (κ2) is 10.8. The Hall–Kier alpha value is -3.05. The molecule has 1 N–H and O–H groups in total. The van der Waals surface area contributed by atoms with E-state index in [-0.39, 0.29) is 11.4 Å². The van der Waals surface area contributed by atoms with Crippen LogP contribution in [0.4, 0.5) is 5.69 Å². The van der Waals surface area contributed by atoms with Gasteiger partial charge < -0.3 is 14.8 Å². The summed E-state index contributed by atoms with van der Waals surface area (Å²) in [6, 6.07) is 18.6. The molecule has 0 aliphatic heterocycles. The summed E-state index contributed by atoms with van der Waals surface area (Å²) in [5.41, 5.74) is 5.63. The lowest BCUT2D eigenvalue weighted by molar-refractivity contribution is -0.148. The molecule has 3 aromatic rings. The van der Waals surface area contributed by atoms with Crippen molar-refractivity contribution < 1.29 is 14.3 Å². The third-order valence-electron chi connectivity index (χ3n) is 9.48. The number of halogens is 1. The fourth-order valence-corrected chi connectivity index (χ4v) is 7.73. The Bertz CT molecular complexity index is 1350. The molecule has 0 bridgehead atoms. The van der Waals surface area contributed by atoms with Gasteiger partial charge in [-0.05, 0) is 111 Å². The first-order chi connectivity index (χ1) is 19.0. The lowest BCUT2D eigenvalue weighted by Gasteiger charge is -2.47. The van der Waals surface area contributed by atoms with Gasteiger partial charge in [0.2, 0.25) is 0 Å². The number of methoxy groups -OCH3 is 1. The van der Waals surface area contributed by atoms with Crippen LogP contribution in [0.5, 0.6) is 5.75 Å². The number of aryl methyl sites for hydroxylation is 1. The van der Waals surface area contributed by atoms with Gasteiger partial charge in [-0.25, -0.2) is 4.79 Å². The minimum absolute atomic E-state index is 0.0715. The van der Waals surface area contributed by atoms with Gasteiger partial charge >= 0.3 is 5.97 Å². The Morgan fingerprint density at radius 3 is 2.74 bits per heavy atom. The summed E-state index contributed by atoms with van der Waals surface area (Å²) in [7, 11) is 1.49. The number of anilines is 1. The van der Waals surface area contributed by atoms with E-state index in [1.54, 1.807) is 0 Å². The number of benzene rings is 2. The van der Waals surface area contributed by atoms with Crippen LogP contribution in [0.25, 0.3) is 0 Å². The Kier molecular flexibility index (Phi) is 7.28. The minimum Gasteiger partial charge on any atom is -0.493 e. The highest BCUT2D eigenvalue weighted by atomic mass is 35.5. The quantitative estimate of drug-likeness (QED) is 0.242. The van der Waals surface area contributed by atoms with Crippen LogP contribution in [0.2, 0.25) is 5.02 Å². The van der Waals surface area contributed by atoms with Crippen molar-refractivity contribution in [1.82, 2.24) is 4.98 Å². The van der Waals surface area contributed by atoms with E-state index >= 15 is 0 Å². The van der Waals surface area contributed by atoms with Crippen LogP contribution < -0.4 is 10.1 Å². The second-order valence-corrected chi connectivity index (χ2v) is 11.9. The number of fused-ring (bicyclic) bond motifs is 3. The zero-order chi connectivity index (χ0) is 26.9. The maximum atomic E-state index is 13.2. The molecule has 3 aliphatic rings. The van der Waals surface area contributed by atoms with E-state index in [9.17, 15) is 4.79 Å². The van der Waals surface area contributed by atoms with Crippen molar-refractivity contribution >= 4 is 23.3 Å². The van der Waals surface area contributed by atoms with E-state index in [0.29, 0.717) is 10.9 Å². The summed E-state index contributed by atoms with van der Waals surface area (Å²) in [5.74, 6) is 1.36. The molecule has 1 saturated carbocycles. The highest BCUT2D eigenvalue weighted by Crippen LogP contribution is 2.55. The molecule has 2 aromatic carbocycles. The molecule has 1 fully saturated rings. The van der Waals surface area contributed by atoms with Gasteiger partial charge in [-0.3, -0.25) is 4.98 Å². The van der Waals surface area contributed by atoms with E-state index in [4.69, 9.17) is 21.1 Å². The van der Waals surface area contributed by atoms with Crippen molar-refractivity contribution in [3.8, 4) is 5.75 Å². The fourth-order valence-electron chi connectivity index (χ4n) is 7.54. The van der Waals surface area contributed by atoms with Crippen LogP contribution in [0.1, 0.15) is 67.3 Å². The molecule has 204 valence electrons. The van der Waals surface area contributed by atoms with E-state index < -0.39 is 5.54 Å². The predicted octanol–water partition coefficient (Wildman–Crippen LogP) is 7.09. The maximum absolute atomic E-state index is 13.2. The summed E-state index contributed by atoms with van der Waals surface area (Å²) in [6.07, 6.45) is 11.7. The van der Waals surface area contributed by atoms with Gasteiger partial charge in [0.1, 0.15) is 11.3 Å². The van der Waals surface area contributed by atoms with Crippen LogP contribution in [0.15, 0.2) is 60.8 Å². The monoisotopic (exact) mass is 544 g/mol. The van der Waals surface area contributed by atoms with E-state index in [2.05, 4.69) is 34.6 Å². The van der Waals surface area contributed by atoms with Gasteiger partial charge in [0, 0.05) is 28.2 Å². The molecule has 5 nitrogen and oxygen atoms in total. The van der Waals surface area contributed by atoms with Crippen molar-refractivity contribution in [1.29, 1.82) is 0 Å². The number of nitrogens with one attached hydrogen (secondary N) is 1. The van der Waals surface area contributed by atoms with Crippen LogP contribution >= 0.6 is 11.6 Å². The van der Waals surface area contributed by atoms with Crippen molar-refractivity contribution in [2.75, 3.05) is 19.0 Å². The Balaban J connectivity index is 1.18. The molecule has 6 rings (SSSR count). The van der Waals surface area contributed by atoms with E-state index in [1.807, 2.05) is 36.5 Å². The Morgan fingerprint density at radius 2 is 1.92 bits per heavy atom. The zero-order valence-corrected chi connectivity index (χ0v) is 23.4. The summed E-state index contributed by atoms with van der Waals surface area (Å²) in [4.78, 5) is 17.7. The number of aromatic nitrogens is 1. The largest absolute Gasteiger partial charge is 0.493 e. The van der Waals surface area contributed by atoms with Gasteiger partial charge in [0.15, 0.2) is 0 Å². The van der Waals surface area contributed by atoms with Crippen LogP contribution in [-0.4, -0.2) is 30.2 Å². The standard InChI is InChI=1S/C33H37ClN2O3/c1-38-31(37)33(36-26-10-4-9-25(34)22-26)17-15-32(16-18-33)24(21-23-7-2-3-12-28(23)32)8-6-20-39-30-14-19-35-29-13-5-11-27(29)30/h2-4,7,9-10,12,14,19,22,24,36H,5-6,8,11,13,15-18,20-21H2,1H3. The molecule has 1 unspecified atom stereocenters. The number of esters is 1. The van der Waals surface area contributed by atoms with E-state index in [0.717, 1.165) is 75.8 Å². The summed E-state index contributed by atoms with van der Waals surface area (Å²) < 4.78 is 11.6. The SMILES string of the molecule is COC(=O)C1(Nc2cccc(Cl)c2)CCC2(CC1)c1ccccc1CC2CCCOc1ccnc2c1CCC2. The van der Waals surface area contributed by atoms with Crippen LogP contribution in [-0.2, 0) is 34.2 Å². The first kappa shape index (κ1) is 26.2. The number of ether oxygens (including phenoxy) is 2. The van der Waals surface area contributed by atoms with Crippen LogP contribution in [0, 0.1) is 5.92 Å². The Labute approximate surface area is 236 Å². The molecule has 0 amide bonds. The second-order valence-electron chi connectivity index (χ2n) is 11.5. The molecular weight excluding hydrogens is 508 g/mol. The molecular formula is C33H37ClN2O3. The molecule has 39 heavy (non-hydrogen) atoms. The molecule has 1 aromatic heterocycles. The average molecular weight is 545 g/mol. The van der Waals surface area contributed by atoms with Gasteiger partial charge in [-0.1, -0.05) is 41.9 Å². The smallest absolute Gasteiger partial charge is 0.331 e. The normalized spacial score (nSPS) is 25.2. The zero-order valence-electron chi connectivity index (χ0n) is 22.7. The van der Waals surface area contributed by atoms with E-state index in [1.165, 1.54) is 35.9 Å².